The van der Waals surface area contributed by atoms with E-state index in [0.717, 1.165) is 16.5 Å². The van der Waals surface area contributed by atoms with Gasteiger partial charge in [-0.2, -0.15) is 0 Å². The Labute approximate surface area is 166 Å². The van der Waals surface area contributed by atoms with E-state index in [1.54, 1.807) is 18.2 Å². The number of ether oxygens (including phenoxy) is 1. The lowest BCUT2D eigenvalue weighted by Gasteiger charge is -2.14. The minimum atomic E-state index is -0.932. The summed E-state index contributed by atoms with van der Waals surface area (Å²) < 4.78 is 5.23. The van der Waals surface area contributed by atoms with Gasteiger partial charge in [0.25, 0.3) is 5.91 Å². The number of hydrogen-bond donors (Lipinski definition) is 2. The third-order valence-corrected chi connectivity index (χ3v) is 4.52. The monoisotopic (exact) mass is 404 g/mol. The summed E-state index contributed by atoms with van der Waals surface area (Å²) >= 11 is 11.8. The van der Waals surface area contributed by atoms with E-state index in [1.165, 1.54) is 6.92 Å². The molecule has 2 N–H and O–H groups in total. The number of carbonyl (C=O) groups excluding carboxylic acids is 2. The summed E-state index contributed by atoms with van der Waals surface area (Å²) in [6.07, 6.45) is 1.67. The molecule has 0 saturated carbocycles. The van der Waals surface area contributed by atoms with Gasteiger partial charge in [-0.15, -0.1) is 0 Å². The second kappa shape index (κ2) is 8.46. The number of aromatic amines is 1. The molecule has 1 amide bonds. The molecule has 1 unspecified atom stereocenters. The van der Waals surface area contributed by atoms with Crippen LogP contribution in [0.5, 0.6) is 0 Å². The number of hydrogen-bond acceptors (Lipinski definition) is 3. The van der Waals surface area contributed by atoms with E-state index >= 15 is 0 Å². The van der Waals surface area contributed by atoms with Gasteiger partial charge >= 0.3 is 5.97 Å². The van der Waals surface area contributed by atoms with E-state index in [4.69, 9.17) is 27.9 Å². The Bertz CT molecular complexity index is 964. The van der Waals surface area contributed by atoms with Crippen LogP contribution in [0.4, 0.5) is 5.69 Å². The molecule has 0 radical (unpaired) electrons. The van der Waals surface area contributed by atoms with Crippen LogP contribution in [0.25, 0.3) is 10.9 Å². The maximum absolute atomic E-state index is 12.2. The third-order valence-electron chi connectivity index (χ3n) is 4.08. The number of halogens is 2. The lowest BCUT2D eigenvalue weighted by atomic mass is 10.1. The molecule has 3 rings (SSSR count). The summed E-state index contributed by atoms with van der Waals surface area (Å²) in [4.78, 5) is 27.5. The van der Waals surface area contributed by atoms with Crippen molar-refractivity contribution in [3.63, 3.8) is 0 Å². The maximum Gasteiger partial charge on any atom is 0.306 e. The van der Waals surface area contributed by atoms with Crippen LogP contribution in [0.3, 0.4) is 0 Å². The van der Waals surface area contributed by atoms with Crippen LogP contribution >= 0.6 is 23.2 Å². The molecule has 0 aliphatic carbocycles. The van der Waals surface area contributed by atoms with E-state index in [0.29, 0.717) is 22.2 Å². The van der Waals surface area contributed by atoms with Crippen molar-refractivity contribution >= 4 is 51.7 Å². The molecule has 5 nitrogen and oxygen atoms in total. The molecule has 1 atom stereocenters. The molecule has 0 saturated heterocycles. The SMILES string of the molecule is CC(OC(=O)CCc1c[nH]c2ccccc12)C(=O)Nc1cc(Cl)cc(Cl)c1. The molecule has 0 spiro atoms. The molecule has 7 heteroatoms. The normalized spacial score (nSPS) is 12.0. The Morgan fingerprint density at radius 1 is 1.15 bits per heavy atom. The first-order chi connectivity index (χ1) is 12.9. The number of fused-ring (bicyclic) bond motifs is 1. The lowest BCUT2D eigenvalue weighted by Crippen LogP contribution is -2.30. The van der Waals surface area contributed by atoms with Crippen LogP contribution in [0.1, 0.15) is 18.9 Å². The fraction of sp³-hybridized carbons (Fsp3) is 0.200. The largest absolute Gasteiger partial charge is 0.453 e. The minimum absolute atomic E-state index is 0.183. The third kappa shape index (κ3) is 5.02. The summed E-state index contributed by atoms with van der Waals surface area (Å²) in [5, 5.41) is 4.52. The summed E-state index contributed by atoms with van der Waals surface area (Å²) in [6, 6.07) is 12.6. The van der Waals surface area contributed by atoms with Gasteiger partial charge in [-0.1, -0.05) is 41.4 Å². The summed E-state index contributed by atoms with van der Waals surface area (Å²) in [5.41, 5.74) is 2.50. The maximum atomic E-state index is 12.2. The highest BCUT2D eigenvalue weighted by Gasteiger charge is 2.18. The second-order valence-corrected chi connectivity index (χ2v) is 7.01. The fourth-order valence-corrected chi connectivity index (χ4v) is 3.28. The number of H-pyrrole nitrogens is 1. The molecule has 2 aromatic carbocycles. The van der Waals surface area contributed by atoms with E-state index in [9.17, 15) is 9.59 Å². The van der Waals surface area contributed by atoms with Gasteiger partial charge in [-0.25, -0.2) is 0 Å². The molecular weight excluding hydrogens is 387 g/mol. The zero-order valence-electron chi connectivity index (χ0n) is 14.6. The zero-order valence-corrected chi connectivity index (χ0v) is 16.1. The topological polar surface area (TPSA) is 71.2 Å². The summed E-state index contributed by atoms with van der Waals surface area (Å²) in [7, 11) is 0. The average Bonchev–Trinajstić information content (AvgIpc) is 3.02. The van der Waals surface area contributed by atoms with Gasteiger partial charge in [-0.3, -0.25) is 9.59 Å². The molecule has 0 aliphatic rings. The van der Waals surface area contributed by atoms with Crippen LogP contribution in [-0.2, 0) is 20.7 Å². The van der Waals surface area contributed by atoms with Crippen molar-refractivity contribution in [1.82, 2.24) is 4.98 Å². The van der Waals surface area contributed by atoms with Crippen molar-refractivity contribution in [3.05, 3.63) is 64.3 Å². The van der Waals surface area contributed by atoms with Crippen LogP contribution in [0, 0.1) is 0 Å². The number of amides is 1. The van der Waals surface area contributed by atoms with Gasteiger partial charge in [0.2, 0.25) is 0 Å². The predicted molar refractivity (Wildman–Crippen MR) is 107 cm³/mol. The van der Waals surface area contributed by atoms with E-state index < -0.39 is 18.0 Å². The predicted octanol–water partition coefficient (Wildman–Crippen LogP) is 4.98. The van der Waals surface area contributed by atoms with Crippen molar-refractivity contribution in [2.45, 2.75) is 25.9 Å². The molecule has 1 aromatic heterocycles. The molecule has 1 heterocycles. The highest BCUT2D eigenvalue weighted by molar-refractivity contribution is 6.35. The van der Waals surface area contributed by atoms with Crippen molar-refractivity contribution in [3.8, 4) is 0 Å². The van der Waals surface area contributed by atoms with E-state index in [1.807, 2.05) is 30.5 Å². The number of rotatable bonds is 6. The first kappa shape index (κ1) is 19.3. The van der Waals surface area contributed by atoms with Crippen molar-refractivity contribution < 1.29 is 14.3 Å². The minimum Gasteiger partial charge on any atom is -0.453 e. The number of carbonyl (C=O) groups is 2. The number of benzene rings is 2. The van der Waals surface area contributed by atoms with Gasteiger partial charge in [0.1, 0.15) is 0 Å². The number of aromatic nitrogens is 1. The van der Waals surface area contributed by atoms with Gasteiger partial charge < -0.3 is 15.0 Å². The Morgan fingerprint density at radius 3 is 2.59 bits per heavy atom. The smallest absolute Gasteiger partial charge is 0.306 e. The van der Waals surface area contributed by atoms with Gasteiger partial charge in [0.05, 0.1) is 0 Å². The zero-order chi connectivity index (χ0) is 19.4. The summed E-state index contributed by atoms with van der Waals surface area (Å²) in [6.45, 7) is 1.52. The summed E-state index contributed by atoms with van der Waals surface area (Å²) in [5.74, 6) is -0.888. The Kier molecular flexibility index (Phi) is 6.04. The number of anilines is 1. The number of esters is 1. The quantitative estimate of drug-likeness (QED) is 0.569. The van der Waals surface area contributed by atoms with Gasteiger partial charge in [0, 0.05) is 39.3 Å². The average molecular weight is 405 g/mol. The fourth-order valence-electron chi connectivity index (χ4n) is 2.75. The molecule has 0 fully saturated rings. The number of para-hydroxylation sites is 1. The van der Waals surface area contributed by atoms with Gasteiger partial charge in [0.15, 0.2) is 6.10 Å². The first-order valence-corrected chi connectivity index (χ1v) is 9.19. The second-order valence-electron chi connectivity index (χ2n) is 6.14. The number of aryl methyl sites for hydroxylation is 1. The van der Waals surface area contributed by atoms with E-state index in [-0.39, 0.29) is 6.42 Å². The molecular formula is C20H18Cl2N2O3. The molecule has 27 heavy (non-hydrogen) atoms. The molecule has 0 aliphatic heterocycles. The van der Waals surface area contributed by atoms with Crippen LogP contribution in [-0.4, -0.2) is 23.0 Å². The number of nitrogens with one attached hydrogen (secondary N) is 2. The molecule has 0 bridgehead atoms. The van der Waals surface area contributed by atoms with Crippen LogP contribution in [0.15, 0.2) is 48.7 Å². The standard InChI is InChI=1S/C20H18Cl2N2O3/c1-12(20(26)24-16-9-14(21)8-15(22)10-16)27-19(25)7-6-13-11-23-18-5-3-2-4-17(13)18/h2-5,8-12,23H,6-7H2,1H3,(H,24,26). The Hall–Kier alpha value is -2.50. The van der Waals surface area contributed by atoms with Gasteiger partial charge in [-0.05, 0) is 43.2 Å². The Morgan fingerprint density at radius 2 is 1.85 bits per heavy atom. The Balaban J connectivity index is 1.53. The molecule has 3 aromatic rings. The highest BCUT2D eigenvalue weighted by atomic mass is 35.5. The van der Waals surface area contributed by atoms with Crippen molar-refractivity contribution in [1.29, 1.82) is 0 Å². The van der Waals surface area contributed by atoms with Crippen LogP contribution < -0.4 is 5.32 Å². The van der Waals surface area contributed by atoms with Crippen molar-refractivity contribution in [2.24, 2.45) is 0 Å². The lowest BCUT2D eigenvalue weighted by molar-refractivity contribution is -0.153. The van der Waals surface area contributed by atoms with Crippen LogP contribution in [0.2, 0.25) is 10.0 Å². The van der Waals surface area contributed by atoms with Crippen molar-refractivity contribution in [2.75, 3.05) is 5.32 Å². The molecule has 140 valence electrons. The first-order valence-electron chi connectivity index (χ1n) is 8.44. The highest BCUT2D eigenvalue weighted by Crippen LogP contribution is 2.23. The van der Waals surface area contributed by atoms with E-state index in [2.05, 4.69) is 10.3 Å².